The molecule has 2 rings (SSSR count). The topological polar surface area (TPSA) is 64.3 Å². The third-order valence-corrected chi connectivity index (χ3v) is 4.00. The number of benzene rings is 1. The molecule has 4 nitrogen and oxygen atoms in total. The number of carbonyl (C=O) groups excluding carboxylic acids is 1. The first-order chi connectivity index (χ1) is 9.74. The van der Waals surface area contributed by atoms with E-state index in [-0.39, 0.29) is 5.91 Å². The number of ether oxygens (including phenoxy) is 1. The van der Waals surface area contributed by atoms with E-state index in [0.29, 0.717) is 31.5 Å². The molecule has 1 heterocycles. The van der Waals surface area contributed by atoms with E-state index in [1.54, 1.807) is 0 Å². The summed E-state index contributed by atoms with van der Waals surface area (Å²) in [5.41, 5.74) is 7.74. The molecule has 0 saturated carbocycles. The predicted molar refractivity (Wildman–Crippen MR) is 79.2 cm³/mol. The summed E-state index contributed by atoms with van der Waals surface area (Å²) in [5, 5.41) is 3.03. The van der Waals surface area contributed by atoms with Crippen LogP contribution in [-0.2, 0) is 22.5 Å². The fourth-order valence-electron chi connectivity index (χ4n) is 2.79. The van der Waals surface area contributed by atoms with Gasteiger partial charge >= 0.3 is 0 Å². The number of nitrogens with one attached hydrogen (secondary N) is 1. The molecule has 3 N–H and O–H groups in total. The number of hydrogen-bond donors (Lipinski definition) is 2. The van der Waals surface area contributed by atoms with Gasteiger partial charge in [-0.1, -0.05) is 31.2 Å². The fourth-order valence-corrected chi connectivity index (χ4v) is 2.79. The monoisotopic (exact) mass is 276 g/mol. The van der Waals surface area contributed by atoms with Crippen LogP contribution in [0, 0.1) is 5.92 Å². The summed E-state index contributed by atoms with van der Waals surface area (Å²) in [4.78, 5) is 12.0. The highest BCUT2D eigenvalue weighted by atomic mass is 16.5. The van der Waals surface area contributed by atoms with Crippen LogP contribution in [0.3, 0.4) is 0 Å². The van der Waals surface area contributed by atoms with Crippen LogP contribution in [0.5, 0.6) is 0 Å². The fraction of sp³-hybridized carbons (Fsp3) is 0.562. The molecule has 0 spiro atoms. The van der Waals surface area contributed by atoms with Crippen molar-refractivity contribution in [2.24, 2.45) is 11.7 Å². The Balaban J connectivity index is 1.83. The van der Waals surface area contributed by atoms with Gasteiger partial charge in [-0.15, -0.1) is 0 Å². The number of rotatable bonds is 6. The number of nitrogens with two attached hydrogens (primary N) is 1. The highest BCUT2D eigenvalue weighted by Crippen LogP contribution is 2.22. The Kier molecular flexibility index (Phi) is 5.56. The smallest absolute Gasteiger partial charge is 0.224 e. The Labute approximate surface area is 120 Å². The van der Waals surface area contributed by atoms with Gasteiger partial charge in [0.15, 0.2) is 0 Å². The molecule has 0 aromatic heterocycles. The SMILES string of the molecule is CCC1OCCC1CNC(=O)Cc1ccccc1CN. The Morgan fingerprint density at radius 1 is 1.40 bits per heavy atom. The Bertz CT molecular complexity index is 448. The Morgan fingerprint density at radius 2 is 2.15 bits per heavy atom. The van der Waals surface area contributed by atoms with Crippen molar-refractivity contribution >= 4 is 5.91 Å². The van der Waals surface area contributed by atoms with Crippen LogP contribution >= 0.6 is 0 Å². The summed E-state index contributed by atoms with van der Waals surface area (Å²) >= 11 is 0. The number of hydrogen-bond acceptors (Lipinski definition) is 3. The molecule has 1 aliphatic rings. The van der Waals surface area contributed by atoms with Crippen molar-refractivity contribution in [2.45, 2.75) is 38.8 Å². The van der Waals surface area contributed by atoms with E-state index in [0.717, 1.165) is 30.6 Å². The quantitative estimate of drug-likeness (QED) is 0.830. The van der Waals surface area contributed by atoms with Crippen molar-refractivity contribution in [3.8, 4) is 0 Å². The van der Waals surface area contributed by atoms with Gasteiger partial charge in [0.1, 0.15) is 0 Å². The average molecular weight is 276 g/mol. The average Bonchev–Trinajstić information content (AvgIpc) is 2.93. The first-order valence-corrected chi connectivity index (χ1v) is 7.39. The van der Waals surface area contributed by atoms with Crippen LogP contribution in [0.2, 0.25) is 0 Å². The maximum absolute atomic E-state index is 12.0. The van der Waals surface area contributed by atoms with Gasteiger partial charge in [-0.05, 0) is 24.0 Å². The van der Waals surface area contributed by atoms with Crippen molar-refractivity contribution < 1.29 is 9.53 Å². The Hall–Kier alpha value is -1.39. The molecule has 2 atom stereocenters. The molecule has 1 aliphatic heterocycles. The number of amides is 1. The molecule has 1 saturated heterocycles. The van der Waals surface area contributed by atoms with Crippen molar-refractivity contribution in [3.63, 3.8) is 0 Å². The van der Waals surface area contributed by atoms with Gasteiger partial charge in [-0.25, -0.2) is 0 Å². The zero-order valence-corrected chi connectivity index (χ0v) is 12.1. The van der Waals surface area contributed by atoms with Gasteiger partial charge in [-0.2, -0.15) is 0 Å². The minimum absolute atomic E-state index is 0.0626. The van der Waals surface area contributed by atoms with Gasteiger partial charge in [-0.3, -0.25) is 4.79 Å². The lowest BCUT2D eigenvalue weighted by molar-refractivity contribution is -0.120. The lowest BCUT2D eigenvalue weighted by Crippen LogP contribution is -2.33. The maximum atomic E-state index is 12.0. The highest BCUT2D eigenvalue weighted by molar-refractivity contribution is 5.78. The van der Waals surface area contributed by atoms with Gasteiger partial charge in [0.25, 0.3) is 0 Å². The van der Waals surface area contributed by atoms with E-state index < -0.39 is 0 Å². The zero-order chi connectivity index (χ0) is 14.4. The summed E-state index contributed by atoms with van der Waals surface area (Å²) in [6, 6.07) is 7.83. The van der Waals surface area contributed by atoms with E-state index in [2.05, 4.69) is 12.2 Å². The molecule has 4 heteroatoms. The van der Waals surface area contributed by atoms with Gasteiger partial charge in [0.2, 0.25) is 5.91 Å². The molecule has 1 aromatic rings. The third kappa shape index (κ3) is 3.81. The van der Waals surface area contributed by atoms with Crippen LogP contribution in [-0.4, -0.2) is 25.2 Å². The second-order valence-electron chi connectivity index (χ2n) is 5.32. The maximum Gasteiger partial charge on any atom is 0.224 e. The summed E-state index contributed by atoms with van der Waals surface area (Å²) in [5.74, 6) is 0.515. The summed E-state index contributed by atoms with van der Waals surface area (Å²) < 4.78 is 5.63. The van der Waals surface area contributed by atoms with Crippen LogP contribution in [0.15, 0.2) is 24.3 Å². The van der Waals surface area contributed by atoms with E-state index in [4.69, 9.17) is 10.5 Å². The van der Waals surface area contributed by atoms with Crippen molar-refractivity contribution in [2.75, 3.05) is 13.2 Å². The van der Waals surface area contributed by atoms with E-state index >= 15 is 0 Å². The molecule has 2 unspecified atom stereocenters. The lowest BCUT2D eigenvalue weighted by Gasteiger charge is -2.17. The molecule has 1 amide bonds. The molecule has 1 fully saturated rings. The van der Waals surface area contributed by atoms with E-state index in [1.165, 1.54) is 0 Å². The molecular formula is C16H24N2O2. The van der Waals surface area contributed by atoms with Gasteiger partial charge in [0.05, 0.1) is 12.5 Å². The van der Waals surface area contributed by atoms with Crippen LogP contribution < -0.4 is 11.1 Å². The van der Waals surface area contributed by atoms with Crippen molar-refractivity contribution in [1.29, 1.82) is 0 Å². The lowest BCUT2D eigenvalue weighted by atomic mass is 9.99. The molecular weight excluding hydrogens is 252 g/mol. The highest BCUT2D eigenvalue weighted by Gasteiger charge is 2.26. The summed E-state index contributed by atoms with van der Waals surface area (Å²) in [6.45, 7) is 4.12. The third-order valence-electron chi connectivity index (χ3n) is 4.00. The molecule has 20 heavy (non-hydrogen) atoms. The Morgan fingerprint density at radius 3 is 2.85 bits per heavy atom. The molecule has 0 radical (unpaired) electrons. The molecule has 110 valence electrons. The van der Waals surface area contributed by atoms with Crippen LogP contribution in [0.25, 0.3) is 0 Å². The minimum Gasteiger partial charge on any atom is -0.378 e. The first-order valence-electron chi connectivity index (χ1n) is 7.39. The molecule has 1 aromatic carbocycles. The van der Waals surface area contributed by atoms with Gasteiger partial charge in [0, 0.05) is 25.6 Å². The predicted octanol–water partition coefficient (Wildman–Crippen LogP) is 1.62. The first kappa shape index (κ1) is 15.0. The molecule has 0 aliphatic carbocycles. The van der Waals surface area contributed by atoms with E-state index in [9.17, 15) is 4.79 Å². The molecule has 0 bridgehead atoms. The largest absolute Gasteiger partial charge is 0.378 e. The van der Waals surface area contributed by atoms with E-state index in [1.807, 2.05) is 24.3 Å². The standard InChI is InChI=1S/C16H24N2O2/c1-2-15-14(7-8-20-15)11-18-16(19)9-12-5-3-4-6-13(12)10-17/h3-6,14-15H,2,7-11,17H2,1H3,(H,18,19). The second kappa shape index (κ2) is 7.41. The minimum atomic E-state index is 0.0626. The number of carbonyl (C=O) groups is 1. The second-order valence-corrected chi connectivity index (χ2v) is 5.32. The zero-order valence-electron chi connectivity index (χ0n) is 12.1. The summed E-state index contributed by atoms with van der Waals surface area (Å²) in [6.07, 6.45) is 2.75. The normalized spacial score (nSPS) is 21.9. The summed E-state index contributed by atoms with van der Waals surface area (Å²) in [7, 11) is 0. The van der Waals surface area contributed by atoms with Crippen molar-refractivity contribution in [1.82, 2.24) is 5.32 Å². The van der Waals surface area contributed by atoms with Crippen molar-refractivity contribution in [3.05, 3.63) is 35.4 Å². The van der Waals surface area contributed by atoms with Gasteiger partial charge < -0.3 is 15.8 Å². The van der Waals surface area contributed by atoms with Crippen LogP contribution in [0.4, 0.5) is 0 Å². The van der Waals surface area contributed by atoms with Crippen LogP contribution in [0.1, 0.15) is 30.9 Å².